The SMILES string of the molecule is C=CCSc1csnc1C1=CNCN(C)C1. The van der Waals surface area contributed by atoms with E-state index >= 15 is 0 Å². The van der Waals surface area contributed by atoms with E-state index in [1.807, 2.05) is 6.08 Å². The van der Waals surface area contributed by atoms with Crippen molar-refractivity contribution in [2.75, 3.05) is 26.0 Å². The molecule has 1 aliphatic heterocycles. The van der Waals surface area contributed by atoms with Crippen LogP contribution in [-0.2, 0) is 0 Å². The zero-order chi connectivity index (χ0) is 11.4. The average Bonchev–Trinajstić information content (AvgIpc) is 2.74. The molecule has 1 N–H and O–H groups in total. The Balaban J connectivity index is 2.16. The van der Waals surface area contributed by atoms with Gasteiger partial charge in [0.05, 0.1) is 12.4 Å². The summed E-state index contributed by atoms with van der Waals surface area (Å²) in [5.41, 5.74) is 2.39. The van der Waals surface area contributed by atoms with Gasteiger partial charge in [0.15, 0.2) is 0 Å². The van der Waals surface area contributed by atoms with Crippen LogP contribution in [0, 0.1) is 0 Å². The van der Waals surface area contributed by atoms with Crippen molar-refractivity contribution < 1.29 is 0 Å². The highest BCUT2D eigenvalue weighted by molar-refractivity contribution is 7.99. The predicted octanol–water partition coefficient (Wildman–Crippen LogP) is 2.25. The summed E-state index contributed by atoms with van der Waals surface area (Å²) >= 11 is 3.31. The van der Waals surface area contributed by atoms with E-state index in [0.717, 1.165) is 24.7 Å². The molecule has 0 saturated heterocycles. The van der Waals surface area contributed by atoms with Crippen LogP contribution >= 0.6 is 23.3 Å². The monoisotopic (exact) mass is 253 g/mol. The Kier molecular flexibility index (Phi) is 4.04. The second kappa shape index (κ2) is 5.52. The number of hydrogen-bond donors (Lipinski definition) is 1. The first-order valence-corrected chi connectivity index (χ1v) is 6.93. The maximum atomic E-state index is 4.48. The van der Waals surface area contributed by atoms with E-state index < -0.39 is 0 Å². The summed E-state index contributed by atoms with van der Waals surface area (Å²) in [6, 6.07) is 0. The van der Waals surface area contributed by atoms with Gasteiger partial charge in [-0.15, -0.1) is 18.3 Å². The number of nitrogens with one attached hydrogen (secondary N) is 1. The van der Waals surface area contributed by atoms with Gasteiger partial charge in [0.1, 0.15) is 0 Å². The topological polar surface area (TPSA) is 28.2 Å². The molecule has 0 aromatic carbocycles. The Morgan fingerprint density at radius 2 is 2.62 bits per heavy atom. The van der Waals surface area contributed by atoms with E-state index in [9.17, 15) is 0 Å². The largest absolute Gasteiger partial charge is 0.378 e. The van der Waals surface area contributed by atoms with Crippen LogP contribution in [0.2, 0.25) is 0 Å². The van der Waals surface area contributed by atoms with Crippen LogP contribution in [-0.4, -0.2) is 35.3 Å². The molecule has 0 saturated carbocycles. The van der Waals surface area contributed by atoms with Crippen molar-refractivity contribution in [2.24, 2.45) is 0 Å². The van der Waals surface area contributed by atoms with Crippen LogP contribution < -0.4 is 5.32 Å². The van der Waals surface area contributed by atoms with Crippen molar-refractivity contribution in [3.63, 3.8) is 0 Å². The first-order chi connectivity index (χ1) is 7.81. The first-order valence-electron chi connectivity index (χ1n) is 5.10. The van der Waals surface area contributed by atoms with Gasteiger partial charge in [0, 0.05) is 34.3 Å². The lowest BCUT2D eigenvalue weighted by Crippen LogP contribution is -2.34. The summed E-state index contributed by atoms with van der Waals surface area (Å²) in [5.74, 6) is 0.933. The fraction of sp³-hybridized carbons (Fsp3) is 0.364. The Hall–Kier alpha value is -0.780. The van der Waals surface area contributed by atoms with Crippen LogP contribution in [0.15, 0.2) is 29.1 Å². The number of likely N-dealkylation sites (N-methyl/N-ethyl adjacent to an activating group) is 1. The van der Waals surface area contributed by atoms with Gasteiger partial charge in [-0.25, -0.2) is 0 Å². The van der Waals surface area contributed by atoms with Gasteiger partial charge in [-0.2, -0.15) is 4.37 Å². The highest BCUT2D eigenvalue weighted by atomic mass is 32.2. The van der Waals surface area contributed by atoms with E-state index in [-0.39, 0.29) is 0 Å². The third kappa shape index (κ3) is 2.66. The molecule has 0 fully saturated rings. The highest BCUT2D eigenvalue weighted by Crippen LogP contribution is 2.29. The number of nitrogens with zero attached hydrogens (tertiary/aromatic N) is 2. The summed E-state index contributed by atoms with van der Waals surface area (Å²) in [6.07, 6.45) is 4.00. The smallest absolute Gasteiger partial charge is 0.0963 e. The molecule has 5 heteroatoms. The molecule has 1 aromatic heterocycles. The molecule has 0 amide bonds. The van der Waals surface area contributed by atoms with Gasteiger partial charge in [-0.1, -0.05) is 6.08 Å². The van der Waals surface area contributed by atoms with E-state index in [2.05, 4.69) is 39.8 Å². The molecule has 1 aromatic rings. The van der Waals surface area contributed by atoms with Gasteiger partial charge < -0.3 is 5.32 Å². The summed E-state index contributed by atoms with van der Waals surface area (Å²) < 4.78 is 4.48. The third-order valence-electron chi connectivity index (χ3n) is 2.28. The van der Waals surface area contributed by atoms with Gasteiger partial charge in [0.2, 0.25) is 0 Å². The molecule has 0 bridgehead atoms. The van der Waals surface area contributed by atoms with E-state index in [4.69, 9.17) is 0 Å². The van der Waals surface area contributed by atoms with Gasteiger partial charge in [-0.3, -0.25) is 4.90 Å². The fourth-order valence-corrected chi connectivity index (χ4v) is 3.21. The minimum atomic E-state index is 0.906. The lowest BCUT2D eigenvalue weighted by Gasteiger charge is -2.23. The summed E-state index contributed by atoms with van der Waals surface area (Å²) in [5, 5.41) is 5.37. The molecule has 16 heavy (non-hydrogen) atoms. The maximum absolute atomic E-state index is 4.48. The molecule has 0 unspecified atom stereocenters. The summed E-state index contributed by atoms with van der Waals surface area (Å²) in [4.78, 5) is 3.49. The number of aromatic nitrogens is 1. The van der Waals surface area contributed by atoms with Gasteiger partial charge in [0.25, 0.3) is 0 Å². The standard InChI is InChI=1S/C11H15N3S2/c1-3-4-15-10-7-16-13-11(10)9-5-12-8-14(2)6-9/h3,5,7,12H,1,4,6,8H2,2H3. The second-order valence-electron chi connectivity index (χ2n) is 3.67. The lowest BCUT2D eigenvalue weighted by molar-refractivity contribution is 0.349. The molecule has 86 valence electrons. The van der Waals surface area contributed by atoms with Crippen molar-refractivity contribution in [3.8, 4) is 0 Å². The molecular formula is C11H15N3S2. The molecule has 0 atom stereocenters. The molecular weight excluding hydrogens is 238 g/mol. The Morgan fingerprint density at radius 1 is 1.75 bits per heavy atom. The third-order valence-corrected chi connectivity index (χ3v) is 4.08. The van der Waals surface area contributed by atoms with Crippen LogP contribution in [0.3, 0.4) is 0 Å². The van der Waals surface area contributed by atoms with Gasteiger partial charge >= 0.3 is 0 Å². The summed E-state index contributed by atoms with van der Waals surface area (Å²) in [7, 11) is 2.10. The van der Waals surface area contributed by atoms with E-state index in [0.29, 0.717) is 0 Å². The fourth-order valence-electron chi connectivity index (χ4n) is 1.56. The van der Waals surface area contributed by atoms with Crippen LogP contribution in [0.5, 0.6) is 0 Å². The molecule has 3 nitrogen and oxygen atoms in total. The molecule has 0 radical (unpaired) electrons. The minimum Gasteiger partial charge on any atom is -0.378 e. The molecule has 2 rings (SSSR count). The second-order valence-corrected chi connectivity index (χ2v) is 5.36. The van der Waals surface area contributed by atoms with Gasteiger partial charge in [-0.05, 0) is 18.6 Å². The predicted molar refractivity (Wildman–Crippen MR) is 71.6 cm³/mol. The van der Waals surface area contributed by atoms with Crippen molar-refractivity contribution in [1.82, 2.24) is 14.6 Å². The molecule has 2 heterocycles. The van der Waals surface area contributed by atoms with Crippen molar-refractivity contribution in [3.05, 3.63) is 29.9 Å². The normalized spacial score (nSPS) is 16.7. The minimum absolute atomic E-state index is 0.906. The molecule has 1 aliphatic rings. The number of rotatable bonds is 4. The lowest BCUT2D eigenvalue weighted by atomic mass is 10.2. The molecule has 0 aliphatic carbocycles. The average molecular weight is 253 g/mol. The number of hydrogen-bond acceptors (Lipinski definition) is 5. The zero-order valence-electron chi connectivity index (χ0n) is 9.27. The highest BCUT2D eigenvalue weighted by Gasteiger charge is 2.15. The quantitative estimate of drug-likeness (QED) is 0.658. The van der Waals surface area contributed by atoms with Crippen LogP contribution in [0.25, 0.3) is 5.57 Å². The Bertz CT molecular complexity index is 398. The number of thioether (sulfide) groups is 1. The van der Waals surface area contributed by atoms with Crippen molar-refractivity contribution >= 4 is 28.9 Å². The van der Waals surface area contributed by atoms with E-state index in [1.165, 1.54) is 22.0 Å². The van der Waals surface area contributed by atoms with Crippen LogP contribution in [0.4, 0.5) is 0 Å². The van der Waals surface area contributed by atoms with Crippen molar-refractivity contribution in [2.45, 2.75) is 4.90 Å². The Morgan fingerprint density at radius 3 is 3.38 bits per heavy atom. The summed E-state index contributed by atoms with van der Waals surface area (Å²) in [6.45, 7) is 5.60. The maximum Gasteiger partial charge on any atom is 0.0963 e. The zero-order valence-corrected chi connectivity index (χ0v) is 10.9. The molecule has 0 spiro atoms. The van der Waals surface area contributed by atoms with Crippen LogP contribution in [0.1, 0.15) is 5.69 Å². The van der Waals surface area contributed by atoms with E-state index in [1.54, 1.807) is 11.8 Å². The first kappa shape index (κ1) is 11.7. The Labute approximate surface area is 104 Å². The van der Waals surface area contributed by atoms with Crippen molar-refractivity contribution in [1.29, 1.82) is 0 Å².